The lowest BCUT2D eigenvalue weighted by Crippen LogP contribution is -2.24. The first-order valence-corrected chi connectivity index (χ1v) is 23.8. The fourth-order valence-corrected chi connectivity index (χ4v) is 10.6. The second-order valence-corrected chi connectivity index (χ2v) is 18.7. The summed E-state index contributed by atoms with van der Waals surface area (Å²) >= 11 is 3.73. The molecular formula is C50H66N2O2S2. The van der Waals surface area contributed by atoms with E-state index in [0.717, 1.165) is 46.5 Å². The van der Waals surface area contributed by atoms with Gasteiger partial charge in [0.15, 0.2) is 0 Å². The zero-order valence-electron chi connectivity index (χ0n) is 34.9. The van der Waals surface area contributed by atoms with Crippen LogP contribution in [0.15, 0.2) is 60.7 Å². The zero-order valence-corrected chi connectivity index (χ0v) is 36.5. The lowest BCUT2D eigenvalue weighted by atomic mass is 9.95. The van der Waals surface area contributed by atoms with E-state index in [2.05, 4.69) is 74.5 Å². The van der Waals surface area contributed by atoms with Gasteiger partial charge in [-0.15, -0.1) is 22.7 Å². The number of hydrogen-bond donors (Lipinski definition) is 0. The predicted octanol–water partition coefficient (Wildman–Crippen LogP) is 14.9. The minimum absolute atomic E-state index is 0.117. The topological polar surface area (TPSA) is 40.6 Å². The predicted molar refractivity (Wildman–Crippen MR) is 244 cm³/mol. The number of hydrogen-bond acceptors (Lipinski definition) is 4. The van der Waals surface area contributed by atoms with Gasteiger partial charge in [0, 0.05) is 44.7 Å². The third-order valence-electron chi connectivity index (χ3n) is 12.0. The van der Waals surface area contributed by atoms with Gasteiger partial charge < -0.3 is 9.80 Å². The fourth-order valence-electron chi connectivity index (χ4n) is 8.52. The number of benzene rings is 2. The van der Waals surface area contributed by atoms with Crippen LogP contribution in [0.1, 0.15) is 163 Å². The molecule has 0 saturated heterocycles. The van der Waals surface area contributed by atoms with Crippen LogP contribution in [-0.2, 0) is 22.4 Å². The summed E-state index contributed by atoms with van der Waals surface area (Å²) in [5.41, 5.74) is 6.69. The minimum Gasteiger partial charge on any atom is -0.311 e. The summed E-state index contributed by atoms with van der Waals surface area (Å²) in [5, 5.41) is 0. The molecule has 0 spiro atoms. The molecule has 300 valence electrons. The number of likely N-dealkylation sites (N-methyl/N-ethyl adjacent to an activating group) is 2. The standard InChI is InChI=1S/C50H66N2O2S2/c1-5-7-9-11-13-15-17-19-21-23-25-39-29-33-45(55-39)37-27-31-41-43(35-37)51(3)49(53)47(41)48-42-32-28-38(36-44(42)52(4)50(48)54)46-34-30-40(56-46)26-24-22-20-18-16-14-12-10-8-6-2/h27-36H,5-26H2,1-4H3/b48-47+. The highest BCUT2D eigenvalue weighted by Gasteiger charge is 2.40. The van der Waals surface area contributed by atoms with Gasteiger partial charge >= 0.3 is 0 Å². The highest BCUT2D eigenvalue weighted by Crippen LogP contribution is 2.48. The average molecular weight is 791 g/mol. The molecule has 2 aliphatic heterocycles. The molecule has 4 heterocycles. The second kappa shape index (κ2) is 21.3. The number of anilines is 2. The van der Waals surface area contributed by atoms with Crippen LogP contribution < -0.4 is 9.80 Å². The SMILES string of the molecule is CCCCCCCCCCCCc1ccc(-c2ccc3c(c2)N(C)C(=O)/C3=C2/C(=O)N(C)c3cc(-c4ccc(CCCCCCCCCCCC)s4)ccc32)s1. The Morgan fingerprint density at radius 2 is 0.768 bits per heavy atom. The quantitative estimate of drug-likeness (QED) is 0.0524. The maximum atomic E-state index is 13.9. The van der Waals surface area contributed by atoms with Crippen LogP contribution in [0.2, 0.25) is 0 Å². The van der Waals surface area contributed by atoms with Crippen molar-refractivity contribution >= 4 is 57.0 Å². The van der Waals surface area contributed by atoms with Gasteiger partial charge in [-0.1, -0.05) is 154 Å². The van der Waals surface area contributed by atoms with Gasteiger partial charge in [-0.25, -0.2) is 0 Å². The number of carbonyl (C=O) groups excluding carboxylic acids is 2. The van der Waals surface area contributed by atoms with Gasteiger partial charge in [0.05, 0.1) is 22.5 Å². The first-order valence-electron chi connectivity index (χ1n) is 22.2. The number of aryl methyl sites for hydroxylation is 2. The average Bonchev–Trinajstić information content (AvgIpc) is 3.99. The number of carbonyl (C=O) groups is 2. The largest absolute Gasteiger partial charge is 0.311 e. The number of thiophene rings is 2. The van der Waals surface area contributed by atoms with Crippen LogP contribution in [0, 0.1) is 0 Å². The molecule has 0 saturated carbocycles. The van der Waals surface area contributed by atoms with Crippen molar-refractivity contribution in [2.45, 2.75) is 155 Å². The van der Waals surface area contributed by atoms with E-state index >= 15 is 0 Å². The van der Waals surface area contributed by atoms with Gasteiger partial charge in [0.25, 0.3) is 11.8 Å². The Labute approximate surface area is 346 Å². The molecule has 0 unspecified atom stereocenters. The molecule has 2 aliphatic rings. The maximum absolute atomic E-state index is 13.9. The number of amides is 2. The van der Waals surface area contributed by atoms with Crippen molar-refractivity contribution in [3.05, 3.63) is 81.5 Å². The summed E-state index contributed by atoms with van der Waals surface area (Å²) in [6.07, 6.45) is 29.3. The van der Waals surface area contributed by atoms with E-state index in [4.69, 9.17) is 0 Å². The van der Waals surface area contributed by atoms with Crippen molar-refractivity contribution in [2.24, 2.45) is 0 Å². The molecule has 2 aromatic heterocycles. The summed E-state index contributed by atoms with van der Waals surface area (Å²) < 4.78 is 0. The molecule has 6 rings (SSSR count). The Bertz CT molecular complexity index is 1790. The van der Waals surface area contributed by atoms with Crippen molar-refractivity contribution in [3.8, 4) is 20.9 Å². The van der Waals surface area contributed by atoms with E-state index in [9.17, 15) is 9.59 Å². The summed E-state index contributed by atoms with van der Waals surface area (Å²) in [6, 6.07) is 21.6. The summed E-state index contributed by atoms with van der Waals surface area (Å²) in [4.78, 5) is 36.6. The lowest BCUT2D eigenvalue weighted by Gasteiger charge is -2.10. The molecule has 4 nitrogen and oxygen atoms in total. The normalized spacial score (nSPS) is 15.1. The molecule has 0 radical (unpaired) electrons. The van der Waals surface area contributed by atoms with Gasteiger partial charge in [0.1, 0.15) is 0 Å². The molecule has 2 amide bonds. The number of nitrogens with zero attached hydrogens (tertiary/aromatic N) is 2. The van der Waals surface area contributed by atoms with Crippen molar-refractivity contribution < 1.29 is 9.59 Å². The summed E-state index contributed by atoms with van der Waals surface area (Å²) in [7, 11) is 3.67. The molecule has 0 bridgehead atoms. The third-order valence-corrected chi connectivity index (χ3v) is 14.4. The highest BCUT2D eigenvalue weighted by atomic mass is 32.1. The molecule has 2 aromatic carbocycles. The number of unbranched alkanes of at least 4 members (excludes halogenated alkanes) is 18. The smallest absolute Gasteiger partial charge is 0.259 e. The van der Waals surface area contributed by atoms with Crippen LogP contribution >= 0.6 is 22.7 Å². The first-order chi connectivity index (χ1) is 27.4. The molecule has 0 fully saturated rings. The second-order valence-electron chi connectivity index (χ2n) is 16.3. The lowest BCUT2D eigenvalue weighted by molar-refractivity contribution is -0.114. The van der Waals surface area contributed by atoms with Crippen LogP contribution in [0.3, 0.4) is 0 Å². The molecule has 56 heavy (non-hydrogen) atoms. The summed E-state index contributed by atoms with van der Waals surface area (Å²) in [5.74, 6) is -0.234. The van der Waals surface area contributed by atoms with Crippen molar-refractivity contribution in [1.82, 2.24) is 0 Å². The third kappa shape index (κ3) is 10.5. The first kappa shape index (κ1) is 42.1. The van der Waals surface area contributed by atoms with Gasteiger partial charge in [0.2, 0.25) is 0 Å². The number of fused-ring (bicyclic) bond motifs is 2. The maximum Gasteiger partial charge on any atom is 0.259 e. The number of rotatable bonds is 24. The monoisotopic (exact) mass is 790 g/mol. The molecule has 6 heteroatoms. The fraction of sp³-hybridized carbons (Fsp3) is 0.520. The molecular weight excluding hydrogens is 725 g/mol. The molecule has 0 aliphatic carbocycles. The Hall–Kier alpha value is -3.48. The summed E-state index contributed by atoms with van der Waals surface area (Å²) in [6.45, 7) is 4.56. The highest BCUT2D eigenvalue weighted by molar-refractivity contribution is 7.15. The van der Waals surface area contributed by atoms with Crippen molar-refractivity contribution in [1.29, 1.82) is 0 Å². The Balaban J connectivity index is 1.06. The van der Waals surface area contributed by atoms with Crippen molar-refractivity contribution in [3.63, 3.8) is 0 Å². The molecule has 4 aromatic rings. The van der Waals surface area contributed by atoms with E-state index in [1.807, 2.05) is 36.8 Å². The zero-order chi connectivity index (χ0) is 39.3. The van der Waals surface area contributed by atoms with Gasteiger partial charge in [-0.3, -0.25) is 9.59 Å². The van der Waals surface area contributed by atoms with E-state index in [0.29, 0.717) is 11.1 Å². The minimum atomic E-state index is -0.117. The Morgan fingerprint density at radius 1 is 0.429 bits per heavy atom. The Morgan fingerprint density at radius 3 is 1.12 bits per heavy atom. The van der Waals surface area contributed by atoms with Crippen LogP contribution in [0.4, 0.5) is 11.4 Å². The van der Waals surface area contributed by atoms with E-state index < -0.39 is 0 Å². The molecule has 0 N–H and O–H groups in total. The van der Waals surface area contributed by atoms with E-state index in [-0.39, 0.29) is 11.8 Å². The van der Waals surface area contributed by atoms with Gasteiger partial charge in [-0.2, -0.15) is 0 Å². The molecule has 0 atom stereocenters. The Kier molecular flexibility index (Phi) is 16.0. The van der Waals surface area contributed by atoms with E-state index in [1.165, 1.54) is 148 Å². The van der Waals surface area contributed by atoms with Crippen LogP contribution in [-0.4, -0.2) is 25.9 Å². The van der Waals surface area contributed by atoms with E-state index in [1.54, 1.807) is 9.80 Å². The van der Waals surface area contributed by atoms with Crippen LogP contribution in [0.5, 0.6) is 0 Å². The van der Waals surface area contributed by atoms with Crippen molar-refractivity contribution in [2.75, 3.05) is 23.9 Å². The van der Waals surface area contributed by atoms with Gasteiger partial charge in [-0.05, 0) is 73.2 Å². The van der Waals surface area contributed by atoms with Crippen LogP contribution in [0.25, 0.3) is 32.0 Å².